The molecule has 0 saturated carbocycles. The predicted molar refractivity (Wildman–Crippen MR) is 233 cm³/mol. The number of ether oxygens (including phenoxy) is 2. The number of quaternary nitrogens is 1. The Hall–Kier alpha value is -1.02. The standard InChI is InChI=1S/C46H90NO7P/c1-6-8-10-12-14-16-18-20-22-23-24-26-28-30-32-34-36-38-41-51-43-45(44-53-55(49,50)52-42-40-47(3,4)5)54-46(48)39-37-35-33-31-29-27-25-21-19-17-15-13-11-9-7-2/h15,17,21,25,45H,6-14,16,18-20,22-24,26-44H2,1-5H3/p+1/b17-15-,25-21-. The van der Waals surface area contributed by atoms with E-state index in [1.54, 1.807) is 0 Å². The number of allylic oxidation sites excluding steroid dienone is 4. The summed E-state index contributed by atoms with van der Waals surface area (Å²) in [6.45, 7) is 5.61. The number of nitrogens with zero attached hydrogens (tertiary/aromatic N) is 1. The van der Waals surface area contributed by atoms with E-state index in [9.17, 15) is 14.3 Å². The summed E-state index contributed by atoms with van der Waals surface area (Å²) in [6.07, 6.45) is 44.9. The first-order valence-electron chi connectivity index (χ1n) is 23.1. The van der Waals surface area contributed by atoms with E-state index in [1.165, 1.54) is 128 Å². The molecule has 326 valence electrons. The Morgan fingerprint density at radius 3 is 1.51 bits per heavy atom. The number of hydrogen-bond donors (Lipinski definition) is 1. The van der Waals surface area contributed by atoms with Gasteiger partial charge in [-0.3, -0.25) is 13.8 Å². The SMILES string of the molecule is CCCCC/C=C\C/C=C\CCCCCCCC(=O)OC(COCCCCCCCCCCCCCCCCCCCC)COP(=O)(O)OCC[N+](C)(C)C. The van der Waals surface area contributed by atoms with Crippen molar-refractivity contribution in [3.05, 3.63) is 24.3 Å². The lowest BCUT2D eigenvalue weighted by Crippen LogP contribution is -2.37. The molecule has 0 aromatic heterocycles. The van der Waals surface area contributed by atoms with E-state index in [2.05, 4.69) is 38.2 Å². The van der Waals surface area contributed by atoms with Gasteiger partial charge in [-0.05, 0) is 44.9 Å². The maximum atomic E-state index is 12.7. The topological polar surface area (TPSA) is 91.3 Å². The Kier molecular flexibility index (Phi) is 39.1. The van der Waals surface area contributed by atoms with Crippen LogP contribution in [0.1, 0.15) is 206 Å². The summed E-state index contributed by atoms with van der Waals surface area (Å²) < 4.78 is 35.0. The minimum Gasteiger partial charge on any atom is -0.457 e. The van der Waals surface area contributed by atoms with Crippen molar-refractivity contribution in [3.8, 4) is 0 Å². The smallest absolute Gasteiger partial charge is 0.457 e. The van der Waals surface area contributed by atoms with Gasteiger partial charge in [0.25, 0.3) is 0 Å². The molecule has 0 saturated heterocycles. The summed E-state index contributed by atoms with van der Waals surface area (Å²) in [6, 6.07) is 0. The van der Waals surface area contributed by atoms with Crippen molar-refractivity contribution in [1.82, 2.24) is 0 Å². The van der Waals surface area contributed by atoms with Crippen molar-refractivity contribution in [2.75, 3.05) is 54.1 Å². The molecule has 1 N–H and O–H groups in total. The second-order valence-electron chi connectivity index (χ2n) is 16.8. The summed E-state index contributed by atoms with van der Waals surface area (Å²) >= 11 is 0. The first-order valence-corrected chi connectivity index (χ1v) is 24.6. The molecule has 2 atom stereocenters. The van der Waals surface area contributed by atoms with Crippen molar-refractivity contribution in [1.29, 1.82) is 0 Å². The zero-order valence-electron chi connectivity index (χ0n) is 36.9. The zero-order chi connectivity index (χ0) is 40.6. The number of phosphoric acid groups is 1. The first-order chi connectivity index (χ1) is 26.6. The highest BCUT2D eigenvalue weighted by molar-refractivity contribution is 7.47. The van der Waals surface area contributed by atoms with Crippen LogP contribution in [0.15, 0.2) is 24.3 Å². The number of unbranched alkanes of at least 4 members (excludes halogenated alkanes) is 25. The van der Waals surface area contributed by atoms with Gasteiger partial charge in [0, 0.05) is 13.0 Å². The summed E-state index contributed by atoms with van der Waals surface area (Å²) in [7, 11) is 1.67. The van der Waals surface area contributed by atoms with E-state index in [1.807, 2.05) is 21.1 Å². The summed E-state index contributed by atoms with van der Waals surface area (Å²) in [4.78, 5) is 22.9. The molecule has 0 aliphatic heterocycles. The Morgan fingerprint density at radius 1 is 0.564 bits per heavy atom. The minimum atomic E-state index is -4.27. The molecule has 9 heteroatoms. The minimum absolute atomic E-state index is 0.0877. The Labute approximate surface area is 341 Å². The van der Waals surface area contributed by atoms with E-state index in [0.29, 0.717) is 24.1 Å². The van der Waals surface area contributed by atoms with Crippen molar-refractivity contribution < 1.29 is 37.3 Å². The van der Waals surface area contributed by atoms with Gasteiger partial charge in [0.05, 0.1) is 34.4 Å². The Morgan fingerprint density at radius 2 is 1.00 bits per heavy atom. The van der Waals surface area contributed by atoms with Gasteiger partial charge >= 0.3 is 13.8 Å². The van der Waals surface area contributed by atoms with E-state index in [4.69, 9.17) is 18.5 Å². The molecule has 0 aromatic carbocycles. The molecule has 0 fully saturated rings. The molecule has 0 amide bonds. The van der Waals surface area contributed by atoms with Crippen LogP contribution in [0.4, 0.5) is 0 Å². The van der Waals surface area contributed by atoms with Gasteiger partial charge in [0.2, 0.25) is 0 Å². The van der Waals surface area contributed by atoms with E-state index in [-0.39, 0.29) is 25.8 Å². The van der Waals surface area contributed by atoms with Crippen molar-refractivity contribution in [2.24, 2.45) is 0 Å². The van der Waals surface area contributed by atoms with E-state index >= 15 is 0 Å². The van der Waals surface area contributed by atoms with Crippen LogP contribution >= 0.6 is 7.82 Å². The number of phosphoric ester groups is 1. The van der Waals surface area contributed by atoms with Crippen LogP contribution in [0.5, 0.6) is 0 Å². The second-order valence-corrected chi connectivity index (χ2v) is 18.2. The maximum absolute atomic E-state index is 12.7. The van der Waals surface area contributed by atoms with Gasteiger partial charge in [0.1, 0.15) is 19.3 Å². The molecule has 2 unspecified atom stereocenters. The van der Waals surface area contributed by atoms with Gasteiger partial charge in [0.15, 0.2) is 0 Å². The van der Waals surface area contributed by atoms with Crippen LogP contribution in [0.25, 0.3) is 0 Å². The molecular formula is C46H91NO7P+. The number of hydrogen-bond acceptors (Lipinski definition) is 6. The number of esters is 1. The fourth-order valence-electron chi connectivity index (χ4n) is 6.41. The molecule has 0 aromatic rings. The van der Waals surface area contributed by atoms with E-state index < -0.39 is 13.9 Å². The van der Waals surface area contributed by atoms with Crippen molar-refractivity contribution in [3.63, 3.8) is 0 Å². The average Bonchev–Trinajstić information content (AvgIpc) is 3.13. The fourth-order valence-corrected chi connectivity index (χ4v) is 7.15. The average molecular weight is 801 g/mol. The van der Waals surface area contributed by atoms with Gasteiger partial charge in [-0.2, -0.15) is 0 Å². The molecule has 0 heterocycles. The summed E-state index contributed by atoms with van der Waals surface area (Å²) in [5.41, 5.74) is 0. The molecule has 0 rings (SSSR count). The third kappa shape index (κ3) is 43.9. The Balaban J connectivity index is 4.19. The number of carbonyl (C=O) groups is 1. The molecule has 0 spiro atoms. The lowest BCUT2D eigenvalue weighted by Gasteiger charge is -2.24. The molecular weight excluding hydrogens is 709 g/mol. The predicted octanol–water partition coefficient (Wildman–Crippen LogP) is 13.6. The van der Waals surface area contributed by atoms with Gasteiger partial charge in [-0.15, -0.1) is 0 Å². The third-order valence-corrected chi connectivity index (χ3v) is 11.0. The van der Waals surface area contributed by atoms with Crippen LogP contribution in [-0.2, 0) is 27.9 Å². The largest absolute Gasteiger partial charge is 0.472 e. The molecule has 0 aliphatic carbocycles. The summed E-state index contributed by atoms with van der Waals surface area (Å²) in [5.74, 6) is -0.324. The third-order valence-electron chi connectivity index (χ3n) is 10.0. The lowest BCUT2D eigenvalue weighted by atomic mass is 10.0. The van der Waals surface area contributed by atoms with Crippen LogP contribution in [0.3, 0.4) is 0 Å². The summed E-state index contributed by atoms with van der Waals surface area (Å²) in [5, 5.41) is 0. The van der Waals surface area contributed by atoms with Crippen LogP contribution in [0.2, 0.25) is 0 Å². The van der Waals surface area contributed by atoms with Crippen molar-refractivity contribution in [2.45, 2.75) is 213 Å². The molecule has 0 radical (unpaired) electrons. The first kappa shape index (κ1) is 54.0. The van der Waals surface area contributed by atoms with Crippen LogP contribution < -0.4 is 0 Å². The molecule has 0 bridgehead atoms. The quantitative estimate of drug-likeness (QED) is 0.0216. The monoisotopic (exact) mass is 801 g/mol. The normalized spacial score (nSPS) is 13.9. The molecule has 0 aliphatic rings. The number of carbonyl (C=O) groups excluding carboxylic acids is 1. The van der Waals surface area contributed by atoms with Gasteiger partial charge < -0.3 is 18.9 Å². The highest BCUT2D eigenvalue weighted by Gasteiger charge is 2.26. The Bertz CT molecular complexity index is 936. The fraction of sp³-hybridized carbons (Fsp3) is 0.891. The highest BCUT2D eigenvalue weighted by atomic mass is 31.2. The van der Waals surface area contributed by atoms with Crippen LogP contribution in [0, 0.1) is 0 Å². The van der Waals surface area contributed by atoms with Crippen LogP contribution in [-0.4, -0.2) is 75.6 Å². The van der Waals surface area contributed by atoms with Gasteiger partial charge in [-0.25, -0.2) is 4.57 Å². The van der Waals surface area contributed by atoms with Gasteiger partial charge in [-0.1, -0.05) is 179 Å². The molecule has 55 heavy (non-hydrogen) atoms. The molecule has 8 nitrogen and oxygen atoms in total. The second kappa shape index (κ2) is 39.8. The number of likely N-dealkylation sites (N-methyl/N-ethyl adjacent to an activating group) is 1. The highest BCUT2D eigenvalue weighted by Crippen LogP contribution is 2.43. The van der Waals surface area contributed by atoms with Crippen molar-refractivity contribution >= 4 is 13.8 Å². The van der Waals surface area contributed by atoms with E-state index in [0.717, 1.165) is 57.8 Å². The maximum Gasteiger partial charge on any atom is 0.472 e. The number of rotatable bonds is 43. The lowest BCUT2D eigenvalue weighted by molar-refractivity contribution is -0.870. The zero-order valence-corrected chi connectivity index (χ0v) is 37.8.